The van der Waals surface area contributed by atoms with Crippen molar-refractivity contribution in [3.05, 3.63) is 11.6 Å². The Morgan fingerprint density at radius 3 is 2.30 bits per heavy atom. The molecule has 0 aliphatic carbocycles. The highest BCUT2D eigenvalue weighted by atomic mass is 16.3. The Morgan fingerprint density at radius 2 is 2.00 bits per heavy atom. The molecule has 1 N–H and O–H groups in total. The van der Waals surface area contributed by atoms with Crippen LogP contribution in [0.15, 0.2) is 11.6 Å². The maximum atomic E-state index is 8.99. The standard InChI is InChI=1S/C9H18O/c1-5-7(2)8(3)6-9(4)10/h6-7,9-10H,5H2,1-4H3. The Bertz CT molecular complexity index is 114. The number of hydrogen-bond acceptors (Lipinski definition) is 1. The van der Waals surface area contributed by atoms with Crippen LogP contribution in [0, 0.1) is 5.92 Å². The highest BCUT2D eigenvalue weighted by molar-refractivity contribution is 5.03. The summed E-state index contributed by atoms with van der Waals surface area (Å²) in [5, 5.41) is 8.99. The maximum absolute atomic E-state index is 8.99. The van der Waals surface area contributed by atoms with Gasteiger partial charge in [0.1, 0.15) is 0 Å². The molecule has 0 heterocycles. The number of rotatable bonds is 3. The molecule has 0 aromatic rings. The highest BCUT2D eigenvalue weighted by Gasteiger charge is 2.00. The molecule has 0 aromatic carbocycles. The molecular weight excluding hydrogens is 124 g/mol. The lowest BCUT2D eigenvalue weighted by Crippen LogP contribution is -2.00. The second kappa shape index (κ2) is 4.51. The summed E-state index contributed by atoms with van der Waals surface area (Å²) in [6, 6.07) is 0. The summed E-state index contributed by atoms with van der Waals surface area (Å²) >= 11 is 0. The van der Waals surface area contributed by atoms with E-state index in [2.05, 4.69) is 20.8 Å². The molecule has 0 aromatic heterocycles. The van der Waals surface area contributed by atoms with E-state index in [1.54, 1.807) is 6.92 Å². The molecule has 0 saturated carbocycles. The van der Waals surface area contributed by atoms with Gasteiger partial charge in [0.25, 0.3) is 0 Å². The van der Waals surface area contributed by atoms with E-state index in [-0.39, 0.29) is 6.10 Å². The van der Waals surface area contributed by atoms with Crippen molar-refractivity contribution in [3.63, 3.8) is 0 Å². The van der Waals surface area contributed by atoms with Gasteiger partial charge in [0.05, 0.1) is 6.10 Å². The SMILES string of the molecule is CCC(C)C(C)=CC(C)O. The van der Waals surface area contributed by atoms with E-state index in [1.807, 2.05) is 6.08 Å². The first-order valence-electron chi connectivity index (χ1n) is 3.94. The predicted molar refractivity (Wildman–Crippen MR) is 44.9 cm³/mol. The Labute approximate surface area is 63.8 Å². The van der Waals surface area contributed by atoms with Crippen molar-refractivity contribution in [1.82, 2.24) is 0 Å². The molecule has 0 radical (unpaired) electrons. The lowest BCUT2D eigenvalue weighted by atomic mass is 9.99. The van der Waals surface area contributed by atoms with Crippen molar-refractivity contribution in [1.29, 1.82) is 0 Å². The average Bonchev–Trinajstić information content (AvgIpc) is 1.85. The predicted octanol–water partition coefficient (Wildman–Crippen LogP) is 2.36. The van der Waals surface area contributed by atoms with Gasteiger partial charge in [-0.1, -0.05) is 25.5 Å². The normalized spacial score (nSPS) is 18.7. The fourth-order valence-corrected chi connectivity index (χ4v) is 0.867. The summed E-state index contributed by atoms with van der Waals surface area (Å²) in [6.07, 6.45) is 2.76. The fraction of sp³-hybridized carbons (Fsp3) is 0.778. The fourth-order valence-electron chi connectivity index (χ4n) is 0.867. The summed E-state index contributed by atoms with van der Waals surface area (Å²) in [6.45, 7) is 8.19. The summed E-state index contributed by atoms with van der Waals surface area (Å²) in [7, 11) is 0. The molecule has 1 nitrogen and oxygen atoms in total. The van der Waals surface area contributed by atoms with Crippen LogP contribution in [0.1, 0.15) is 34.1 Å². The summed E-state index contributed by atoms with van der Waals surface area (Å²) in [5.74, 6) is 0.606. The Balaban J connectivity index is 3.91. The molecule has 2 unspecified atom stereocenters. The van der Waals surface area contributed by atoms with Crippen molar-refractivity contribution < 1.29 is 5.11 Å². The van der Waals surface area contributed by atoms with Gasteiger partial charge in [-0.2, -0.15) is 0 Å². The van der Waals surface area contributed by atoms with E-state index in [4.69, 9.17) is 5.11 Å². The van der Waals surface area contributed by atoms with Crippen LogP contribution in [0.25, 0.3) is 0 Å². The molecule has 2 atom stereocenters. The van der Waals surface area contributed by atoms with E-state index < -0.39 is 0 Å². The van der Waals surface area contributed by atoms with Gasteiger partial charge in [-0.05, 0) is 26.2 Å². The molecule has 0 rings (SSSR count). The van der Waals surface area contributed by atoms with E-state index >= 15 is 0 Å². The van der Waals surface area contributed by atoms with Gasteiger partial charge >= 0.3 is 0 Å². The van der Waals surface area contributed by atoms with Crippen LogP contribution in [0.2, 0.25) is 0 Å². The third-order valence-electron chi connectivity index (χ3n) is 1.89. The zero-order chi connectivity index (χ0) is 8.15. The number of aliphatic hydroxyl groups is 1. The molecule has 0 aliphatic heterocycles. The van der Waals surface area contributed by atoms with Crippen molar-refractivity contribution in [3.8, 4) is 0 Å². The quantitative estimate of drug-likeness (QED) is 0.600. The first kappa shape index (κ1) is 9.70. The van der Waals surface area contributed by atoms with Crippen LogP contribution in [0.3, 0.4) is 0 Å². The monoisotopic (exact) mass is 142 g/mol. The molecule has 0 amide bonds. The summed E-state index contributed by atoms with van der Waals surface area (Å²) in [5.41, 5.74) is 1.29. The van der Waals surface area contributed by atoms with Crippen LogP contribution in [0.4, 0.5) is 0 Å². The molecule has 0 aliphatic rings. The molecule has 0 spiro atoms. The van der Waals surface area contributed by atoms with Gasteiger partial charge in [0.2, 0.25) is 0 Å². The minimum Gasteiger partial charge on any atom is -0.389 e. The van der Waals surface area contributed by atoms with Gasteiger partial charge < -0.3 is 5.11 Å². The smallest absolute Gasteiger partial charge is 0.0695 e. The van der Waals surface area contributed by atoms with E-state index in [0.717, 1.165) is 6.42 Å². The first-order valence-corrected chi connectivity index (χ1v) is 3.94. The number of allylic oxidation sites excluding steroid dienone is 1. The minimum absolute atomic E-state index is 0.297. The number of hydrogen-bond donors (Lipinski definition) is 1. The third kappa shape index (κ3) is 3.67. The Hall–Kier alpha value is -0.300. The van der Waals surface area contributed by atoms with Crippen molar-refractivity contribution in [2.75, 3.05) is 0 Å². The molecule has 0 saturated heterocycles. The lowest BCUT2D eigenvalue weighted by Gasteiger charge is -2.09. The van der Waals surface area contributed by atoms with Gasteiger partial charge in [0, 0.05) is 0 Å². The van der Waals surface area contributed by atoms with Gasteiger partial charge in [-0.25, -0.2) is 0 Å². The topological polar surface area (TPSA) is 20.2 Å². The molecule has 0 fully saturated rings. The van der Waals surface area contributed by atoms with Crippen LogP contribution < -0.4 is 0 Å². The lowest BCUT2D eigenvalue weighted by molar-refractivity contribution is 0.242. The summed E-state index contributed by atoms with van der Waals surface area (Å²) in [4.78, 5) is 0. The Morgan fingerprint density at radius 1 is 1.50 bits per heavy atom. The van der Waals surface area contributed by atoms with Gasteiger partial charge in [0.15, 0.2) is 0 Å². The molecular formula is C9H18O. The third-order valence-corrected chi connectivity index (χ3v) is 1.89. The van der Waals surface area contributed by atoms with Crippen molar-refractivity contribution >= 4 is 0 Å². The van der Waals surface area contributed by atoms with Crippen molar-refractivity contribution in [2.24, 2.45) is 5.92 Å². The van der Waals surface area contributed by atoms with E-state index in [9.17, 15) is 0 Å². The second-order valence-electron chi connectivity index (χ2n) is 2.96. The average molecular weight is 142 g/mol. The molecule has 60 valence electrons. The molecule has 10 heavy (non-hydrogen) atoms. The number of aliphatic hydroxyl groups excluding tert-OH is 1. The minimum atomic E-state index is -0.297. The van der Waals surface area contributed by atoms with Crippen LogP contribution >= 0.6 is 0 Å². The Kier molecular flexibility index (Phi) is 4.37. The van der Waals surface area contributed by atoms with Gasteiger partial charge in [-0.15, -0.1) is 0 Å². The zero-order valence-corrected chi connectivity index (χ0v) is 7.39. The maximum Gasteiger partial charge on any atom is 0.0695 e. The zero-order valence-electron chi connectivity index (χ0n) is 7.39. The largest absolute Gasteiger partial charge is 0.389 e. The van der Waals surface area contributed by atoms with Gasteiger partial charge in [-0.3, -0.25) is 0 Å². The van der Waals surface area contributed by atoms with E-state index in [1.165, 1.54) is 5.57 Å². The first-order chi connectivity index (χ1) is 4.57. The summed E-state index contributed by atoms with van der Waals surface area (Å²) < 4.78 is 0. The van der Waals surface area contributed by atoms with Crippen LogP contribution in [-0.4, -0.2) is 11.2 Å². The second-order valence-corrected chi connectivity index (χ2v) is 2.96. The van der Waals surface area contributed by atoms with Crippen molar-refractivity contribution in [2.45, 2.75) is 40.2 Å². The van der Waals surface area contributed by atoms with Crippen LogP contribution in [0.5, 0.6) is 0 Å². The molecule has 0 bridgehead atoms. The highest BCUT2D eigenvalue weighted by Crippen LogP contribution is 2.13. The van der Waals surface area contributed by atoms with Crippen LogP contribution in [-0.2, 0) is 0 Å². The molecule has 1 heteroatoms. The van der Waals surface area contributed by atoms with E-state index in [0.29, 0.717) is 5.92 Å².